The van der Waals surface area contributed by atoms with Crippen molar-refractivity contribution in [2.45, 2.75) is 6.04 Å². The first kappa shape index (κ1) is 17.0. The van der Waals surface area contributed by atoms with E-state index in [2.05, 4.69) is 20.3 Å². The molecule has 4 rings (SSSR count). The average Bonchev–Trinajstić information content (AvgIpc) is 3.27. The Kier molecular flexibility index (Phi) is 4.43. The van der Waals surface area contributed by atoms with E-state index in [-0.39, 0.29) is 18.6 Å². The third-order valence-electron chi connectivity index (χ3n) is 4.50. The number of carbonyl (C=O) groups excluding carboxylic acids is 1. The molecule has 27 heavy (non-hydrogen) atoms. The van der Waals surface area contributed by atoms with Gasteiger partial charge in [-0.15, -0.1) is 0 Å². The first-order chi connectivity index (χ1) is 13.2. The van der Waals surface area contributed by atoms with Gasteiger partial charge in [0.05, 0.1) is 30.0 Å². The van der Waals surface area contributed by atoms with Crippen LogP contribution in [-0.2, 0) is 4.79 Å². The van der Waals surface area contributed by atoms with Gasteiger partial charge in [0.15, 0.2) is 0 Å². The summed E-state index contributed by atoms with van der Waals surface area (Å²) in [5.74, 6) is 0.208. The summed E-state index contributed by atoms with van der Waals surface area (Å²) in [6.07, 6.45) is 3.37. The number of benzene rings is 2. The molecule has 2 aromatic carbocycles. The normalized spacial score (nSPS) is 16.8. The van der Waals surface area contributed by atoms with Crippen molar-refractivity contribution in [3.05, 3.63) is 71.7 Å². The minimum Gasteiger partial charge on any atom is -0.394 e. The number of aliphatic hydroxyl groups is 1. The lowest BCUT2D eigenvalue weighted by atomic mass is 10.1. The van der Waals surface area contributed by atoms with Gasteiger partial charge in [-0.05, 0) is 29.3 Å². The maximum atomic E-state index is 12.6. The van der Waals surface area contributed by atoms with Gasteiger partial charge in [0.1, 0.15) is 5.70 Å². The van der Waals surface area contributed by atoms with Crippen LogP contribution in [0, 0.1) is 0 Å². The molecule has 0 bridgehead atoms. The molecular weight excluding hydrogens is 342 g/mol. The van der Waals surface area contributed by atoms with Crippen molar-refractivity contribution < 1.29 is 9.90 Å². The van der Waals surface area contributed by atoms with Gasteiger partial charge in [0.25, 0.3) is 5.91 Å². The summed E-state index contributed by atoms with van der Waals surface area (Å²) in [6.45, 7) is -0.111. The quantitative estimate of drug-likeness (QED) is 0.620. The van der Waals surface area contributed by atoms with Crippen LogP contribution in [-0.4, -0.2) is 45.5 Å². The molecule has 0 aliphatic carbocycles. The summed E-state index contributed by atoms with van der Waals surface area (Å²) in [5.41, 5.74) is 3.86. The van der Waals surface area contributed by atoms with Crippen LogP contribution in [0.15, 0.2) is 65.5 Å². The number of aliphatic imine (C=N–C) groups is 1. The molecule has 1 atom stereocenters. The van der Waals surface area contributed by atoms with Crippen LogP contribution in [0.2, 0.25) is 0 Å². The minimum absolute atomic E-state index is 0.111. The molecule has 0 spiro atoms. The Bertz CT molecular complexity index is 1040. The number of nitrogens with zero attached hydrogens (tertiary/aromatic N) is 3. The number of rotatable bonds is 4. The number of aromatic amines is 1. The summed E-state index contributed by atoms with van der Waals surface area (Å²) in [7, 11) is 1.66. The molecule has 0 radical (unpaired) electrons. The zero-order valence-corrected chi connectivity index (χ0v) is 14.8. The summed E-state index contributed by atoms with van der Waals surface area (Å²) >= 11 is 0. The van der Waals surface area contributed by atoms with Gasteiger partial charge in [-0.3, -0.25) is 9.69 Å². The summed E-state index contributed by atoms with van der Waals surface area (Å²) in [6, 6.07) is 14.9. The maximum absolute atomic E-state index is 12.6. The molecule has 7 heteroatoms. The number of imidazole rings is 1. The molecule has 2 heterocycles. The van der Waals surface area contributed by atoms with E-state index < -0.39 is 0 Å². The van der Waals surface area contributed by atoms with E-state index in [0.29, 0.717) is 11.7 Å². The maximum Gasteiger partial charge on any atom is 0.279 e. The van der Waals surface area contributed by atoms with Crippen LogP contribution >= 0.6 is 0 Å². The second kappa shape index (κ2) is 7.05. The van der Waals surface area contributed by atoms with Gasteiger partial charge >= 0.3 is 0 Å². The van der Waals surface area contributed by atoms with Gasteiger partial charge < -0.3 is 15.4 Å². The highest BCUT2D eigenvalue weighted by atomic mass is 16.3. The highest BCUT2D eigenvalue weighted by Crippen LogP contribution is 2.20. The Hall–Kier alpha value is -3.45. The minimum atomic E-state index is -0.347. The van der Waals surface area contributed by atoms with Gasteiger partial charge in [-0.2, -0.15) is 0 Å². The van der Waals surface area contributed by atoms with E-state index in [1.54, 1.807) is 19.5 Å². The highest BCUT2D eigenvalue weighted by Gasteiger charge is 2.28. The van der Waals surface area contributed by atoms with Crippen molar-refractivity contribution in [1.29, 1.82) is 0 Å². The summed E-state index contributed by atoms with van der Waals surface area (Å²) < 4.78 is 0. The number of likely N-dealkylation sites (N-methyl/N-ethyl adjacent to an activating group) is 1. The van der Waals surface area contributed by atoms with E-state index in [0.717, 1.165) is 22.2 Å². The number of H-pyrrole nitrogens is 1. The van der Waals surface area contributed by atoms with Crippen LogP contribution in [0.4, 0.5) is 0 Å². The molecule has 136 valence electrons. The molecule has 0 saturated heterocycles. The molecule has 0 fully saturated rings. The second-order valence-corrected chi connectivity index (χ2v) is 6.30. The van der Waals surface area contributed by atoms with Crippen LogP contribution < -0.4 is 5.32 Å². The Morgan fingerprint density at radius 3 is 2.85 bits per heavy atom. The largest absolute Gasteiger partial charge is 0.394 e. The molecule has 1 unspecified atom stereocenters. The third-order valence-corrected chi connectivity index (χ3v) is 4.50. The number of hydrogen-bond donors (Lipinski definition) is 3. The Morgan fingerprint density at radius 2 is 2.07 bits per heavy atom. The number of amides is 1. The number of aliphatic hydroxyl groups excluding tert-OH is 1. The molecule has 7 nitrogen and oxygen atoms in total. The molecular formula is C20H19N5O2. The number of aromatic nitrogens is 2. The van der Waals surface area contributed by atoms with Crippen molar-refractivity contribution >= 4 is 29.0 Å². The van der Waals surface area contributed by atoms with Crippen molar-refractivity contribution in [1.82, 2.24) is 20.2 Å². The van der Waals surface area contributed by atoms with E-state index in [9.17, 15) is 9.90 Å². The van der Waals surface area contributed by atoms with E-state index in [1.165, 1.54) is 4.90 Å². The fraction of sp³-hybridized carbons (Fsp3) is 0.150. The molecule has 1 aromatic heterocycles. The molecule has 1 aliphatic heterocycles. The smallest absolute Gasteiger partial charge is 0.279 e. The predicted molar refractivity (Wildman–Crippen MR) is 104 cm³/mol. The lowest BCUT2D eigenvalue weighted by Gasteiger charge is -2.20. The third kappa shape index (κ3) is 3.32. The van der Waals surface area contributed by atoms with Crippen molar-refractivity contribution in [2.75, 3.05) is 13.7 Å². The standard InChI is InChI=1S/C20H19N5O2/c1-25-19(27)17(10-13-7-8-15-16(9-13)22-12-21-15)23-20(25)24-18(11-26)14-5-3-2-4-6-14/h2-10,12,18,26H,11H2,1H3,(H,21,22)(H,23,24)/b17-10-. The lowest BCUT2D eigenvalue weighted by Crippen LogP contribution is -2.41. The van der Waals surface area contributed by atoms with Gasteiger partial charge in [0, 0.05) is 7.05 Å². The molecule has 1 amide bonds. The van der Waals surface area contributed by atoms with Gasteiger partial charge in [0.2, 0.25) is 5.96 Å². The number of fused-ring (bicyclic) bond motifs is 1. The Morgan fingerprint density at radius 1 is 1.26 bits per heavy atom. The Labute approximate surface area is 156 Å². The fourth-order valence-electron chi connectivity index (χ4n) is 3.00. The van der Waals surface area contributed by atoms with Crippen LogP contribution in [0.5, 0.6) is 0 Å². The van der Waals surface area contributed by atoms with Crippen LogP contribution in [0.3, 0.4) is 0 Å². The molecule has 1 aliphatic rings. The molecule has 0 saturated carbocycles. The number of hydrogen-bond acceptors (Lipinski definition) is 5. The van der Waals surface area contributed by atoms with E-state index in [4.69, 9.17) is 0 Å². The fourth-order valence-corrected chi connectivity index (χ4v) is 3.00. The van der Waals surface area contributed by atoms with Crippen molar-refractivity contribution in [3.63, 3.8) is 0 Å². The predicted octanol–water partition coefficient (Wildman–Crippen LogP) is 2.05. The monoisotopic (exact) mass is 361 g/mol. The highest BCUT2D eigenvalue weighted by molar-refractivity contribution is 6.13. The average molecular weight is 361 g/mol. The molecule has 3 aromatic rings. The summed E-state index contributed by atoms with van der Waals surface area (Å²) in [4.78, 5) is 25.7. The first-order valence-electron chi connectivity index (χ1n) is 8.59. The first-order valence-corrected chi connectivity index (χ1v) is 8.59. The number of guanidine groups is 1. The summed E-state index contributed by atoms with van der Waals surface area (Å²) in [5, 5.41) is 12.9. The number of carbonyl (C=O) groups is 1. The molecule has 3 N–H and O–H groups in total. The SMILES string of the molecule is CN1C(=O)/C(=C/c2ccc3[nH]cnc3c2)N=C1NC(CO)c1ccccc1. The van der Waals surface area contributed by atoms with Gasteiger partial charge in [-0.25, -0.2) is 9.98 Å². The number of nitrogens with one attached hydrogen (secondary N) is 2. The van der Waals surface area contributed by atoms with E-state index in [1.807, 2.05) is 48.5 Å². The topological polar surface area (TPSA) is 93.6 Å². The van der Waals surface area contributed by atoms with Crippen LogP contribution in [0.25, 0.3) is 17.1 Å². The van der Waals surface area contributed by atoms with Gasteiger partial charge in [-0.1, -0.05) is 36.4 Å². The second-order valence-electron chi connectivity index (χ2n) is 6.30. The Balaban J connectivity index is 1.61. The van der Waals surface area contributed by atoms with Crippen molar-refractivity contribution in [3.8, 4) is 0 Å². The zero-order valence-electron chi connectivity index (χ0n) is 14.8. The van der Waals surface area contributed by atoms with E-state index >= 15 is 0 Å². The van der Waals surface area contributed by atoms with Crippen LogP contribution in [0.1, 0.15) is 17.2 Å². The zero-order chi connectivity index (χ0) is 18.8. The lowest BCUT2D eigenvalue weighted by molar-refractivity contribution is -0.121. The van der Waals surface area contributed by atoms with Crippen molar-refractivity contribution in [2.24, 2.45) is 4.99 Å².